The van der Waals surface area contributed by atoms with Crippen LogP contribution in [-0.2, 0) is 0 Å². The van der Waals surface area contributed by atoms with Crippen LogP contribution < -0.4 is 10.6 Å². The molecular formula is C14H22N2. The van der Waals surface area contributed by atoms with E-state index in [2.05, 4.69) is 43.0 Å². The van der Waals surface area contributed by atoms with Gasteiger partial charge >= 0.3 is 0 Å². The molecule has 0 saturated heterocycles. The van der Waals surface area contributed by atoms with Crippen molar-refractivity contribution < 1.29 is 0 Å². The van der Waals surface area contributed by atoms with Crippen LogP contribution >= 0.6 is 0 Å². The lowest BCUT2D eigenvalue weighted by atomic mass is 10.1. The summed E-state index contributed by atoms with van der Waals surface area (Å²) in [4.78, 5) is 2.54. The molecule has 1 atom stereocenters. The number of para-hydroxylation sites is 1. The summed E-state index contributed by atoms with van der Waals surface area (Å²) in [6.45, 7) is 5.45. The highest BCUT2D eigenvalue weighted by Crippen LogP contribution is 2.35. The van der Waals surface area contributed by atoms with Crippen LogP contribution in [0.3, 0.4) is 0 Å². The number of rotatable bonds is 5. The lowest BCUT2D eigenvalue weighted by molar-refractivity contribution is 0.740. The standard InChI is InChI=1S/C14H22N2/c1-3-10-16(12-8-9-12)14-7-5-4-6-13(14)11(2)15/h4-7,11-12H,3,8-10,15H2,1-2H3. The molecule has 0 radical (unpaired) electrons. The largest absolute Gasteiger partial charge is 0.368 e. The van der Waals surface area contributed by atoms with Crippen LogP contribution in [0.25, 0.3) is 0 Å². The summed E-state index contributed by atoms with van der Waals surface area (Å²) in [6, 6.07) is 9.46. The maximum absolute atomic E-state index is 6.04. The summed E-state index contributed by atoms with van der Waals surface area (Å²) in [5.41, 5.74) is 8.67. The SMILES string of the molecule is CCCN(c1ccccc1C(C)N)C1CC1. The van der Waals surface area contributed by atoms with E-state index < -0.39 is 0 Å². The Morgan fingerprint density at radius 3 is 2.62 bits per heavy atom. The average Bonchev–Trinajstić information content (AvgIpc) is 3.10. The van der Waals surface area contributed by atoms with Crippen molar-refractivity contribution in [2.24, 2.45) is 5.73 Å². The van der Waals surface area contributed by atoms with Gasteiger partial charge in [0.05, 0.1) is 0 Å². The number of nitrogens with two attached hydrogens (primary N) is 1. The van der Waals surface area contributed by atoms with Crippen LogP contribution in [0.15, 0.2) is 24.3 Å². The van der Waals surface area contributed by atoms with Crippen molar-refractivity contribution in [1.82, 2.24) is 0 Å². The van der Waals surface area contributed by atoms with Crippen LogP contribution in [-0.4, -0.2) is 12.6 Å². The highest BCUT2D eigenvalue weighted by molar-refractivity contribution is 5.56. The van der Waals surface area contributed by atoms with Gasteiger partial charge in [-0.15, -0.1) is 0 Å². The highest BCUT2D eigenvalue weighted by Gasteiger charge is 2.29. The molecule has 1 unspecified atom stereocenters. The van der Waals surface area contributed by atoms with Crippen LogP contribution in [0, 0.1) is 0 Å². The first-order valence-electron chi connectivity index (χ1n) is 6.35. The fourth-order valence-electron chi connectivity index (χ4n) is 2.26. The molecule has 16 heavy (non-hydrogen) atoms. The lowest BCUT2D eigenvalue weighted by Gasteiger charge is -2.27. The Balaban J connectivity index is 2.28. The first kappa shape index (κ1) is 11.5. The molecule has 1 aliphatic rings. The molecule has 2 nitrogen and oxygen atoms in total. The Hall–Kier alpha value is -1.02. The van der Waals surface area contributed by atoms with Gasteiger partial charge in [-0.3, -0.25) is 0 Å². The third kappa shape index (κ3) is 2.38. The van der Waals surface area contributed by atoms with Crippen molar-refractivity contribution in [2.75, 3.05) is 11.4 Å². The van der Waals surface area contributed by atoms with Gasteiger partial charge in [0.2, 0.25) is 0 Å². The number of hydrogen-bond donors (Lipinski definition) is 1. The Morgan fingerprint density at radius 1 is 1.38 bits per heavy atom. The molecule has 1 aliphatic carbocycles. The molecule has 1 aromatic carbocycles. The third-order valence-corrected chi connectivity index (χ3v) is 3.19. The zero-order chi connectivity index (χ0) is 11.5. The third-order valence-electron chi connectivity index (χ3n) is 3.19. The molecule has 0 heterocycles. The zero-order valence-electron chi connectivity index (χ0n) is 10.3. The van der Waals surface area contributed by atoms with Crippen molar-refractivity contribution in [3.63, 3.8) is 0 Å². The van der Waals surface area contributed by atoms with Crippen molar-refractivity contribution >= 4 is 5.69 Å². The second-order valence-corrected chi connectivity index (χ2v) is 4.77. The maximum Gasteiger partial charge on any atom is 0.0417 e. The molecule has 0 spiro atoms. The van der Waals surface area contributed by atoms with Crippen LogP contribution in [0.1, 0.15) is 44.7 Å². The normalized spacial score (nSPS) is 17.2. The van der Waals surface area contributed by atoms with Gasteiger partial charge < -0.3 is 10.6 Å². The number of benzene rings is 1. The molecule has 2 heteroatoms. The van der Waals surface area contributed by atoms with E-state index in [0.717, 1.165) is 12.6 Å². The minimum atomic E-state index is 0.120. The van der Waals surface area contributed by atoms with Crippen molar-refractivity contribution in [3.05, 3.63) is 29.8 Å². The van der Waals surface area contributed by atoms with E-state index in [1.54, 1.807) is 0 Å². The van der Waals surface area contributed by atoms with E-state index in [4.69, 9.17) is 5.73 Å². The molecule has 0 aliphatic heterocycles. The lowest BCUT2D eigenvalue weighted by Crippen LogP contribution is -2.28. The molecule has 88 valence electrons. The van der Waals surface area contributed by atoms with Crippen LogP contribution in [0.4, 0.5) is 5.69 Å². The van der Waals surface area contributed by atoms with Gasteiger partial charge in [-0.2, -0.15) is 0 Å². The topological polar surface area (TPSA) is 29.3 Å². The van der Waals surface area contributed by atoms with Gasteiger partial charge in [0, 0.05) is 24.3 Å². The molecule has 0 aromatic heterocycles. The highest BCUT2D eigenvalue weighted by atomic mass is 15.2. The summed E-state index contributed by atoms with van der Waals surface area (Å²) >= 11 is 0. The molecule has 1 fully saturated rings. The Labute approximate surface area is 98.4 Å². The van der Waals surface area contributed by atoms with Crippen molar-refractivity contribution in [3.8, 4) is 0 Å². The summed E-state index contributed by atoms with van der Waals surface area (Å²) in [5.74, 6) is 0. The van der Waals surface area contributed by atoms with E-state index in [1.807, 2.05) is 0 Å². The van der Waals surface area contributed by atoms with Crippen LogP contribution in [0.5, 0.6) is 0 Å². The summed E-state index contributed by atoms with van der Waals surface area (Å²) < 4.78 is 0. The van der Waals surface area contributed by atoms with Gasteiger partial charge in [0.1, 0.15) is 0 Å². The minimum absolute atomic E-state index is 0.120. The summed E-state index contributed by atoms with van der Waals surface area (Å²) in [5, 5.41) is 0. The monoisotopic (exact) mass is 218 g/mol. The zero-order valence-corrected chi connectivity index (χ0v) is 10.3. The molecular weight excluding hydrogens is 196 g/mol. The molecule has 2 N–H and O–H groups in total. The number of anilines is 1. The van der Waals surface area contributed by atoms with Gasteiger partial charge in [-0.05, 0) is 37.8 Å². The molecule has 0 bridgehead atoms. The smallest absolute Gasteiger partial charge is 0.0417 e. The minimum Gasteiger partial charge on any atom is -0.368 e. The fraction of sp³-hybridized carbons (Fsp3) is 0.571. The van der Waals surface area contributed by atoms with Gasteiger partial charge in [0.15, 0.2) is 0 Å². The van der Waals surface area contributed by atoms with E-state index in [1.165, 1.54) is 30.5 Å². The molecule has 1 aromatic rings. The first-order valence-corrected chi connectivity index (χ1v) is 6.35. The van der Waals surface area contributed by atoms with Gasteiger partial charge in [0.25, 0.3) is 0 Å². The first-order chi connectivity index (χ1) is 7.74. The van der Waals surface area contributed by atoms with E-state index >= 15 is 0 Å². The Bertz CT molecular complexity index is 342. The number of hydrogen-bond acceptors (Lipinski definition) is 2. The second-order valence-electron chi connectivity index (χ2n) is 4.77. The fourth-order valence-corrected chi connectivity index (χ4v) is 2.26. The van der Waals surface area contributed by atoms with E-state index in [0.29, 0.717) is 0 Å². The molecule has 2 rings (SSSR count). The predicted octanol–water partition coefficient (Wildman–Crippen LogP) is 3.09. The quantitative estimate of drug-likeness (QED) is 0.823. The van der Waals surface area contributed by atoms with Gasteiger partial charge in [-0.25, -0.2) is 0 Å². The Morgan fingerprint density at radius 2 is 2.06 bits per heavy atom. The van der Waals surface area contributed by atoms with Crippen molar-refractivity contribution in [1.29, 1.82) is 0 Å². The predicted molar refractivity (Wildman–Crippen MR) is 69.7 cm³/mol. The average molecular weight is 218 g/mol. The number of nitrogens with zero attached hydrogens (tertiary/aromatic N) is 1. The van der Waals surface area contributed by atoms with E-state index in [9.17, 15) is 0 Å². The molecule has 0 amide bonds. The van der Waals surface area contributed by atoms with E-state index in [-0.39, 0.29) is 6.04 Å². The maximum atomic E-state index is 6.04. The van der Waals surface area contributed by atoms with Gasteiger partial charge in [-0.1, -0.05) is 25.1 Å². The van der Waals surface area contributed by atoms with Crippen LogP contribution in [0.2, 0.25) is 0 Å². The summed E-state index contributed by atoms with van der Waals surface area (Å²) in [7, 11) is 0. The van der Waals surface area contributed by atoms with Crippen molar-refractivity contribution in [2.45, 2.75) is 45.2 Å². The Kier molecular flexibility index (Phi) is 3.49. The second kappa shape index (κ2) is 4.88. The summed E-state index contributed by atoms with van der Waals surface area (Å²) in [6.07, 6.45) is 3.88. The molecule has 1 saturated carbocycles.